The molecule has 0 unspecified atom stereocenters. The first kappa shape index (κ1) is 9.86. The van der Waals surface area contributed by atoms with Gasteiger partial charge in [-0.25, -0.2) is 0 Å². The van der Waals surface area contributed by atoms with E-state index in [1.54, 1.807) is 35.7 Å². The third-order valence-corrected chi connectivity index (χ3v) is 5.08. The molecule has 3 nitrogen and oxygen atoms in total. The van der Waals surface area contributed by atoms with Crippen molar-refractivity contribution in [3.05, 3.63) is 39.9 Å². The van der Waals surface area contributed by atoms with Crippen LogP contribution in [0.25, 0.3) is 0 Å². The minimum atomic E-state index is -0.297. The van der Waals surface area contributed by atoms with Gasteiger partial charge in [0.2, 0.25) is 0 Å². The van der Waals surface area contributed by atoms with Crippen molar-refractivity contribution in [1.29, 1.82) is 0 Å². The zero-order valence-corrected chi connectivity index (χ0v) is 9.01. The Labute approximate surface area is 90.4 Å². The van der Waals surface area contributed by atoms with Gasteiger partial charge in [0.05, 0.1) is 15.1 Å². The molecule has 0 saturated carbocycles. The SMILES string of the molecule is O=[N+]([O-])c1ccccc1C1SCCS1. The number of hydrogen-bond donors (Lipinski definition) is 0. The summed E-state index contributed by atoms with van der Waals surface area (Å²) in [5.41, 5.74) is 1.10. The number of nitro benzene ring substituents is 1. The number of nitro groups is 1. The Morgan fingerprint density at radius 1 is 1.29 bits per heavy atom. The lowest BCUT2D eigenvalue weighted by Gasteiger charge is -2.07. The van der Waals surface area contributed by atoms with E-state index in [4.69, 9.17) is 0 Å². The van der Waals surface area contributed by atoms with E-state index in [1.807, 2.05) is 12.1 Å². The summed E-state index contributed by atoms with van der Waals surface area (Å²) in [6.45, 7) is 0. The second-order valence-corrected chi connectivity index (χ2v) is 5.61. The highest BCUT2D eigenvalue weighted by atomic mass is 32.2. The smallest absolute Gasteiger partial charge is 0.258 e. The first-order chi connectivity index (χ1) is 6.79. The summed E-state index contributed by atoms with van der Waals surface area (Å²) in [6, 6.07) is 7.01. The summed E-state index contributed by atoms with van der Waals surface area (Å²) in [6.07, 6.45) is 0. The molecule has 1 heterocycles. The van der Waals surface area contributed by atoms with Crippen LogP contribution in [0, 0.1) is 10.1 Å². The molecule has 0 spiro atoms. The zero-order valence-electron chi connectivity index (χ0n) is 7.38. The number of rotatable bonds is 2. The molecule has 1 aliphatic rings. The third kappa shape index (κ3) is 1.88. The summed E-state index contributed by atoms with van der Waals surface area (Å²) < 4.78 is 0.247. The first-order valence-electron chi connectivity index (χ1n) is 4.25. The molecular weight excluding hydrogens is 218 g/mol. The zero-order chi connectivity index (χ0) is 9.97. The molecule has 1 fully saturated rings. The van der Waals surface area contributed by atoms with Crippen molar-refractivity contribution in [2.45, 2.75) is 4.58 Å². The summed E-state index contributed by atoms with van der Waals surface area (Å²) in [7, 11) is 0. The molecule has 0 N–H and O–H groups in total. The van der Waals surface area contributed by atoms with Crippen LogP contribution in [0.2, 0.25) is 0 Å². The maximum atomic E-state index is 10.8. The van der Waals surface area contributed by atoms with Gasteiger partial charge in [0.1, 0.15) is 0 Å². The number of thioether (sulfide) groups is 2. The van der Waals surface area contributed by atoms with Crippen LogP contribution in [0.5, 0.6) is 0 Å². The molecular formula is C9H9NO2S2. The summed E-state index contributed by atoms with van der Waals surface area (Å²) in [5, 5.41) is 10.8. The van der Waals surface area contributed by atoms with Crippen LogP contribution >= 0.6 is 23.5 Å². The molecule has 1 aromatic carbocycles. The van der Waals surface area contributed by atoms with E-state index in [2.05, 4.69) is 0 Å². The van der Waals surface area contributed by atoms with Crippen molar-refractivity contribution in [1.82, 2.24) is 0 Å². The molecule has 5 heteroatoms. The molecule has 0 aliphatic carbocycles. The molecule has 74 valence electrons. The van der Waals surface area contributed by atoms with Gasteiger partial charge in [-0.05, 0) is 0 Å². The molecule has 0 bridgehead atoms. The van der Waals surface area contributed by atoms with E-state index in [9.17, 15) is 10.1 Å². The van der Waals surface area contributed by atoms with Gasteiger partial charge in [-0.3, -0.25) is 10.1 Å². The number of nitrogens with zero attached hydrogens (tertiary/aromatic N) is 1. The van der Waals surface area contributed by atoms with Crippen LogP contribution < -0.4 is 0 Å². The molecule has 1 aliphatic heterocycles. The van der Waals surface area contributed by atoms with Gasteiger partial charge in [0, 0.05) is 17.6 Å². The number of benzene rings is 1. The summed E-state index contributed by atoms with van der Waals surface area (Å²) in [5.74, 6) is 2.17. The Morgan fingerprint density at radius 2 is 1.93 bits per heavy atom. The minimum Gasteiger partial charge on any atom is -0.258 e. The van der Waals surface area contributed by atoms with Crippen molar-refractivity contribution in [2.75, 3.05) is 11.5 Å². The van der Waals surface area contributed by atoms with Crippen LogP contribution in [0.1, 0.15) is 10.1 Å². The average molecular weight is 227 g/mol. The van der Waals surface area contributed by atoms with E-state index in [-0.39, 0.29) is 15.2 Å². The van der Waals surface area contributed by atoms with Gasteiger partial charge >= 0.3 is 0 Å². The fourth-order valence-corrected chi connectivity index (χ4v) is 4.31. The van der Waals surface area contributed by atoms with Crippen LogP contribution in [0.15, 0.2) is 24.3 Å². The van der Waals surface area contributed by atoms with Crippen molar-refractivity contribution >= 4 is 29.2 Å². The fourth-order valence-electron chi connectivity index (χ4n) is 1.39. The lowest BCUT2D eigenvalue weighted by atomic mass is 10.2. The van der Waals surface area contributed by atoms with Crippen LogP contribution in [0.4, 0.5) is 5.69 Å². The monoisotopic (exact) mass is 227 g/mol. The highest BCUT2D eigenvalue weighted by Crippen LogP contribution is 2.47. The fraction of sp³-hybridized carbons (Fsp3) is 0.333. The highest BCUT2D eigenvalue weighted by molar-refractivity contribution is 8.19. The predicted octanol–water partition coefficient (Wildman–Crippen LogP) is 3.07. The van der Waals surface area contributed by atoms with E-state index in [0.29, 0.717) is 0 Å². The molecule has 2 rings (SSSR count). The topological polar surface area (TPSA) is 43.1 Å². The first-order valence-corrected chi connectivity index (χ1v) is 6.35. The molecule has 0 atom stereocenters. The average Bonchev–Trinajstić information content (AvgIpc) is 2.70. The Balaban J connectivity index is 2.35. The lowest BCUT2D eigenvalue weighted by Crippen LogP contribution is -1.95. The molecule has 0 amide bonds. The molecule has 0 aromatic heterocycles. The van der Waals surface area contributed by atoms with Crippen LogP contribution in [0.3, 0.4) is 0 Å². The second-order valence-electron chi connectivity index (χ2n) is 2.89. The van der Waals surface area contributed by atoms with Gasteiger partial charge < -0.3 is 0 Å². The number of para-hydroxylation sites is 1. The number of hydrogen-bond acceptors (Lipinski definition) is 4. The molecule has 0 radical (unpaired) electrons. The lowest BCUT2D eigenvalue weighted by molar-refractivity contribution is -0.385. The van der Waals surface area contributed by atoms with Gasteiger partial charge in [-0.1, -0.05) is 18.2 Å². The van der Waals surface area contributed by atoms with E-state index >= 15 is 0 Å². The molecule has 1 aromatic rings. The van der Waals surface area contributed by atoms with Crippen LogP contribution in [-0.4, -0.2) is 16.4 Å². The Hall–Kier alpha value is -0.680. The second kappa shape index (κ2) is 4.23. The third-order valence-electron chi connectivity index (χ3n) is 2.01. The van der Waals surface area contributed by atoms with Gasteiger partial charge in [-0.2, -0.15) is 0 Å². The van der Waals surface area contributed by atoms with Crippen molar-refractivity contribution in [2.24, 2.45) is 0 Å². The summed E-state index contributed by atoms with van der Waals surface area (Å²) in [4.78, 5) is 10.5. The van der Waals surface area contributed by atoms with Gasteiger partial charge in [0.15, 0.2) is 0 Å². The maximum absolute atomic E-state index is 10.8. The maximum Gasteiger partial charge on any atom is 0.274 e. The Morgan fingerprint density at radius 3 is 2.57 bits per heavy atom. The minimum absolute atomic E-state index is 0.247. The van der Waals surface area contributed by atoms with E-state index in [1.165, 1.54) is 0 Å². The van der Waals surface area contributed by atoms with Crippen molar-refractivity contribution in [3.63, 3.8) is 0 Å². The Kier molecular flexibility index (Phi) is 2.98. The standard InChI is InChI=1S/C9H9NO2S2/c11-10(12)8-4-2-1-3-7(8)9-13-5-6-14-9/h1-4,9H,5-6H2. The largest absolute Gasteiger partial charge is 0.274 e. The summed E-state index contributed by atoms with van der Waals surface area (Å²) >= 11 is 3.57. The molecule has 14 heavy (non-hydrogen) atoms. The normalized spacial score (nSPS) is 17.1. The van der Waals surface area contributed by atoms with Crippen molar-refractivity contribution < 1.29 is 4.92 Å². The van der Waals surface area contributed by atoms with Gasteiger partial charge in [-0.15, -0.1) is 23.5 Å². The van der Waals surface area contributed by atoms with E-state index in [0.717, 1.165) is 17.1 Å². The quantitative estimate of drug-likeness (QED) is 0.575. The predicted molar refractivity (Wildman–Crippen MR) is 60.8 cm³/mol. The van der Waals surface area contributed by atoms with E-state index < -0.39 is 0 Å². The Bertz CT molecular complexity index is 350. The van der Waals surface area contributed by atoms with Gasteiger partial charge in [0.25, 0.3) is 5.69 Å². The van der Waals surface area contributed by atoms with Crippen molar-refractivity contribution in [3.8, 4) is 0 Å². The molecule has 1 saturated heterocycles. The van der Waals surface area contributed by atoms with Crippen LogP contribution in [-0.2, 0) is 0 Å². The highest BCUT2D eigenvalue weighted by Gasteiger charge is 2.25.